The SMILES string of the molecule is COc1ccc(CCC(C)NC(=O)[C@@H]2CC[C@H](C(=O)O)O2)cc1. The van der Waals surface area contributed by atoms with E-state index >= 15 is 0 Å². The van der Waals surface area contributed by atoms with Gasteiger partial charge < -0.3 is 19.9 Å². The van der Waals surface area contributed by atoms with E-state index in [9.17, 15) is 9.59 Å². The van der Waals surface area contributed by atoms with Gasteiger partial charge in [-0.25, -0.2) is 4.79 Å². The summed E-state index contributed by atoms with van der Waals surface area (Å²) in [4.78, 5) is 22.9. The van der Waals surface area contributed by atoms with Crippen molar-refractivity contribution in [3.63, 3.8) is 0 Å². The van der Waals surface area contributed by atoms with Gasteiger partial charge in [-0.05, 0) is 50.3 Å². The first kappa shape index (κ1) is 17.3. The van der Waals surface area contributed by atoms with Crippen molar-refractivity contribution >= 4 is 11.9 Å². The van der Waals surface area contributed by atoms with Crippen LogP contribution in [0.15, 0.2) is 24.3 Å². The molecule has 1 aromatic carbocycles. The van der Waals surface area contributed by atoms with Crippen LogP contribution in [0.3, 0.4) is 0 Å². The molecule has 0 saturated carbocycles. The van der Waals surface area contributed by atoms with E-state index in [1.54, 1.807) is 7.11 Å². The zero-order valence-electron chi connectivity index (χ0n) is 13.5. The molecule has 2 rings (SSSR count). The molecular weight excluding hydrogens is 298 g/mol. The van der Waals surface area contributed by atoms with Gasteiger partial charge in [0.1, 0.15) is 11.9 Å². The van der Waals surface area contributed by atoms with E-state index in [1.807, 2.05) is 31.2 Å². The molecule has 0 spiro atoms. The topological polar surface area (TPSA) is 84.9 Å². The van der Waals surface area contributed by atoms with Crippen molar-refractivity contribution in [3.8, 4) is 5.75 Å². The highest BCUT2D eigenvalue weighted by atomic mass is 16.5. The van der Waals surface area contributed by atoms with Gasteiger partial charge >= 0.3 is 5.97 Å². The second-order valence-corrected chi connectivity index (χ2v) is 5.83. The van der Waals surface area contributed by atoms with Crippen molar-refractivity contribution in [3.05, 3.63) is 29.8 Å². The van der Waals surface area contributed by atoms with Crippen molar-refractivity contribution in [1.29, 1.82) is 0 Å². The number of hydrogen-bond acceptors (Lipinski definition) is 4. The van der Waals surface area contributed by atoms with Gasteiger partial charge in [-0.15, -0.1) is 0 Å². The number of rotatable bonds is 7. The van der Waals surface area contributed by atoms with E-state index in [2.05, 4.69) is 5.32 Å². The van der Waals surface area contributed by atoms with Gasteiger partial charge in [-0.1, -0.05) is 12.1 Å². The Morgan fingerprint density at radius 2 is 1.96 bits per heavy atom. The number of aliphatic carboxylic acids is 1. The number of carbonyl (C=O) groups is 2. The number of ether oxygens (including phenoxy) is 2. The molecule has 1 aliphatic heterocycles. The molecule has 0 bridgehead atoms. The zero-order chi connectivity index (χ0) is 16.8. The smallest absolute Gasteiger partial charge is 0.332 e. The summed E-state index contributed by atoms with van der Waals surface area (Å²) in [6.45, 7) is 1.94. The quantitative estimate of drug-likeness (QED) is 0.799. The molecule has 1 fully saturated rings. The first-order valence-electron chi connectivity index (χ1n) is 7.81. The lowest BCUT2D eigenvalue weighted by molar-refractivity contribution is -0.151. The van der Waals surface area contributed by atoms with Crippen LogP contribution in [0.2, 0.25) is 0 Å². The zero-order valence-corrected chi connectivity index (χ0v) is 13.5. The summed E-state index contributed by atoms with van der Waals surface area (Å²) < 4.78 is 10.4. The molecule has 0 aromatic heterocycles. The van der Waals surface area contributed by atoms with Crippen molar-refractivity contribution in [2.45, 2.75) is 50.9 Å². The van der Waals surface area contributed by atoms with E-state index in [1.165, 1.54) is 5.56 Å². The second kappa shape index (κ2) is 7.97. The molecule has 1 saturated heterocycles. The third kappa shape index (κ3) is 4.96. The second-order valence-electron chi connectivity index (χ2n) is 5.83. The lowest BCUT2D eigenvalue weighted by Crippen LogP contribution is -2.40. The molecule has 6 nitrogen and oxygen atoms in total. The third-order valence-corrected chi connectivity index (χ3v) is 4.00. The van der Waals surface area contributed by atoms with Crippen LogP contribution in [0.4, 0.5) is 0 Å². The number of benzene rings is 1. The molecular formula is C17H23NO5. The largest absolute Gasteiger partial charge is 0.497 e. The van der Waals surface area contributed by atoms with Crippen molar-refractivity contribution < 1.29 is 24.2 Å². The first-order valence-corrected chi connectivity index (χ1v) is 7.81. The Morgan fingerprint density at radius 1 is 1.30 bits per heavy atom. The summed E-state index contributed by atoms with van der Waals surface area (Å²) >= 11 is 0. The standard InChI is InChI=1S/C17H23NO5/c1-11(3-4-12-5-7-13(22-2)8-6-12)18-16(19)14-9-10-15(23-14)17(20)21/h5-8,11,14-15H,3-4,9-10H2,1-2H3,(H,18,19)(H,20,21)/t11?,14-,15+/m0/s1. The normalized spacial score (nSPS) is 21.7. The highest BCUT2D eigenvalue weighted by Gasteiger charge is 2.34. The van der Waals surface area contributed by atoms with Crippen molar-refractivity contribution in [1.82, 2.24) is 5.32 Å². The van der Waals surface area contributed by atoms with Gasteiger partial charge in [0.15, 0.2) is 6.10 Å². The minimum atomic E-state index is -1.01. The van der Waals surface area contributed by atoms with Crippen LogP contribution in [0.25, 0.3) is 0 Å². The van der Waals surface area contributed by atoms with Gasteiger partial charge in [0.2, 0.25) is 5.91 Å². The molecule has 1 unspecified atom stereocenters. The molecule has 3 atom stereocenters. The van der Waals surface area contributed by atoms with Gasteiger partial charge in [-0.3, -0.25) is 4.79 Å². The Bertz CT molecular complexity index is 542. The Balaban J connectivity index is 1.74. The van der Waals surface area contributed by atoms with Crippen LogP contribution in [0.1, 0.15) is 31.7 Å². The molecule has 0 aliphatic carbocycles. The fourth-order valence-corrected chi connectivity index (χ4v) is 2.60. The fourth-order valence-electron chi connectivity index (χ4n) is 2.60. The summed E-state index contributed by atoms with van der Waals surface area (Å²) in [6.07, 6.45) is 0.962. The Morgan fingerprint density at radius 3 is 2.52 bits per heavy atom. The number of amides is 1. The number of hydrogen-bond donors (Lipinski definition) is 2. The average molecular weight is 321 g/mol. The van der Waals surface area contributed by atoms with Crippen LogP contribution in [0.5, 0.6) is 5.75 Å². The number of aryl methyl sites for hydroxylation is 1. The van der Waals surface area contributed by atoms with E-state index < -0.39 is 18.2 Å². The lowest BCUT2D eigenvalue weighted by Gasteiger charge is -2.17. The minimum absolute atomic E-state index is 0.00270. The number of methoxy groups -OCH3 is 1. The van der Waals surface area contributed by atoms with E-state index in [-0.39, 0.29) is 11.9 Å². The summed E-state index contributed by atoms with van der Waals surface area (Å²) in [5.74, 6) is -0.412. The molecule has 126 valence electrons. The first-order chi connectivity index (χ1) is 11.0. The number of carboxylic acids is 1. The van der Waals surface area contributed by atoms with Crippen LogP contribution in [0, 0.1) is 0 Å². The van der Waals surface area contributed by atoms with Crippen molar-refractivity contribution in [2.24, 2.45) is 0 Å². The molecule has 1 aliphatic rings. The monoisotopic (exact) mass is 321 g/mol. The predicted molar refractivity (Wildman–Crippen MR) is 84.5 cm³/mol. The van der Waals surface area contributed by atoms with Crippen LogP contribution < -0.4 is 10.1 Å². The average Bonchev–Trinajstić information content (AvgIpc) is 3.04. The number of nitrogens with one attached hydrogen (secondary N) is 1. The summed E-state index contributed by atoms with van der Waals surface area (Å²) in [5.41, 5.74) is 1.18. The highest BCUT2D eigenvalue weighted by molar-refractivity contribution is 5.82. The summed E-state index contributed by atoms with van der Waals surface area (Å²) in [5, 5.41) is 11.8. The van der Waals surface area contributed by atoms with Crippen LogP contribution >= 0.6 is 0 Å². The minimum Gasteiger partial charge on any atom is -0.497 e. The van der Waals surface area contributed by atoms with E-state index in [0.29, 0.717) is 12.8 Å². The maximum absolute atomic E-state index is 12.1. The molecule has 0 radical (unpaired) electrons. The van der Waals surface area contributed by atoms with Crippen molar-refractivity contribution in [2.75, 3.05) is 7.11 Å². The third-order valence-electron chi connectivity index (χ3n) is 4.00. The Kier molecular flexibility index (Phi) is 5.98. The van der Waals surface area contributed by atoms with E-state index in [4.69, 9.17) is 14.6 Å². The molecule has 23 heavy (non-hydrogen) atoms. The molecule has 6 heteroatoms. The highest BCUT2D eigenvalue weighted by Crippen LogP contribution is 2.20. The maximum atomic E-state index is 12.1. The summed E-state index contributed by atoms with van der Waals surface area (Å²) in [6, 6.07) is 7.83. The van der Waals surface area contributed by atoms with Gasteiger partial charge in [0, 0.05) is 6.04 Å². The molecule has 1 amide bonds. The number of carbonyl (C=O) groups excluding carboxylic acids is 1. The van der Waals surface area contributed by atoms with Gasteiger partial charge in [-0.2, -0.15) is 0 Å². The molecule has 1 heterocycles. The fraction of sp³-hybridized carbons (Fsp3) is 0.529. The summed E-state index contributed by atoms with van der Waals surface area (Å²) in [7, 11) is 1.63. The molecule has 1 aromatic rings. The van der Waals surface area contributed by atoms with E-state index in [0.717, 1.165) is 18.6 Å². The lowest BCUT2D eigenvalue weighted by atomic mass is 10.1. The van der Waals surface area contributed by atoms with Crippen LogP contribution in [-0.4, -0.2) is 42.3 Å². The Labute approximate surface area is 135 Å². The van der Waals surface area contributed by atoms with Gasteiger partial charge in [0.25, 0.3) is 0 Å². The Hall–Kier alpha value is -2.08. The maximum Gasteiger partial charge on any atom is 0.332 e. The molecule has 2 N–H and O–H groups in total. The van der Waals surface area contributed by atoms with Gasteiger partial charge in [0.05, 0.1) is 7.11 Å². The predicted octanol–water partition coefficient (Wildman–Crippen LogP) is 1.76. The number of carboxylic acid groups (broad SMARTS) is 1. The van der Waals surface area contributed by atoms with Crippen LogP contribution in [-0.2, 0) is 20.7 Å².